The fraction of sp³-hybridized carbons (Fsp3) is 0.533. The second-order valence-electron chi connectivity index (χ2n) is 5.03. The van der Waals surface area contributed by atoms with Gasteiger partial charge in [0.2, 0.25) is 0 Å². The standard InChI is InChI=1S/C15H22N4O/c1-3-10-16-15(20)13-8-9-14(18-17-13)19-11-6-5-7-12(19)4-2/h3,8-9,12H,1,4-7,10-11H2,2H3,(H,16,20). The van der Waals surface area contributed by atoms with E-state index >= 15 is 0 Å². The van der Waals surface area contributed by atoms with E-state index in [1.807, 2.05) is 6.07 Å². The lowest BCUT2D eigenvalue weighted by Crippen LogP contribution is -2.39. The van der Waals surface area contributed by atoms with Crippen LogP contribution in [0.15, 0.2) is 24.8 Å². The van der Waals surface area contributed by atoms with E-state index in [0.717, 1.165) is 18.8 Å². The SMILES string of the molecule is C=CCNC(=O)c1ccc(N2CCCCC2CC)nn1. The molecule has 0 aliphatic carbocycles. The second-order valence-corrected chi connectivity index (χ2v) is 5.03. The molecule has 1 atom stereocenters. The van der Waals surface area contributed by atoms with Gasteiger partial charge in [-0.05, 0) is 37.8 Å². The van der Waals surface area contributed by atoms with Crippen molar-refractivity contribution in [3.8, 4) is 0 Å². The Kier molecular flexibility index (Phi) is 5.09. The average Bonchev–Trinajstić information content (AvgIpc) is 2.52. The number of amides is 1. The van der Waals surface area contributed by atoms with Crippen molar-refractivity contribution in [2.45, 2.75) is 38.6 Å². The van der Waals surface area contributed by atoms with Gasteiger partial charge in [-0.15, -0.1) is 16.8 Å². The van der Waals surface area contributed by atoms with E-state index in [2.05, 4.69) is 33.9 Å². The highest BCUT2D eigenvalue weighted by molar-refractivity contribution is 5.92. The third-order valence-corrected chi connectivity index (χ3v) is 3.68. The molecule has 1 unspecified atom stereocenters. The van der Waals surface area contributed by atoms with E-state index in [1.54, 1.807) is 12.1 Å². The summed E-state index contributed by atoms with van der Waals surface area (Å²) in [5.74, 6) is 0.659. The van der Waals surface area contributed by atoms with Crippen LogP contribution in [0.4, 0.5) is 5.82 Å². The summed E-state index contributed by atoms with van der Waals surface area (Å²) < 4.78 is 0. The summed E-state index contributed by atoms with van der Waals surface area (Å²) >= 11 is 0. The van der Waals surface area contributed by atoms with Crippen molar-refractivity contribution in [3.63, 3.8) is 0 Å². The Hall–Kier alpha value is -1.91. The largest absolute Gasteiger partial charge is 0.352 e. The highest BCUT2D eigenvalue weighted by atomic mass is 16.1. The van der Waals surface area contributed by atoms with Gasteiger partial charge >= 0.3 is 0 Å². The number of hydrogen-bond donors (Lipinski definition) is 1. The van der Waals surface area contributed by atoms with Gasteiger partial charge in [-0.3, -0.25) is 4.79 Å². The van der Waals surface area contributed by atoms with E-state index in [0.29, 0.717) is 18.3 Å². The number of carbonyl (C=O) groups excluding carboxylic acids is 1. The Morgan fingerprint density at radius 2 is 2.35 bits per heavy atom. The van der Waals surface area contributed by atoms with Crippen molar-refractivity contribution >= 4 is 11.7 Å². The van der Waals surface area contributed by atoms with Crippen molar-refractivity contribution in [3.05, 3.63) is 30.5 Å². The molecule has 2 heterocycles. The quantitative estimate of drug-likeness (QED) is 0.836. The lowest BCUT2D eigenvalue weighted by atomic mass is 10.0. The van der Waals surface area contributed by atoms with Crippen molar-refractivity contribution in [2.24, 2.45) is 0 Å². The summed E-state index contributed by atoms with van der Waals surface area (Å²) in [5, 5.41) is 11.0. The zero-order chi connectivity index (χ0) is 14.4. The Morgan fingerprint density at radius 3 is 3.00 bits per heavy atom. The predicted octanol–water partition coefficient (Wildman–Crippen LogP) is 2.16. The Labute approximate surface area is 120 Å². The average molecular weight is 274 g/mol. The Bertz CT molecular complexity index is 457. The van der Waals surface area contributed by atoms with Crippen molar-refractivity contribution < 1.29 is 4.79 Å². The molecule has 5 heteroatoms. The summed E-state index contributed by atoms with van der Waals surface area (Å²) in [5.41, 5.74) is 0.348. The first-order valence-electron chi connectivity index (χ1n) is 7.25. The monoisotopic (exact) mass is 274 g/mol. The number of nitrogens with one attached hydrogen (secondary N) is 1. The van der Waals surface area contributed by atoms with Gasteiger partial charge in [0.25, 0.3) is 5.91 Å². The summed E-state index contributed by atoms with van der Waals surface area (Å²) in [6.45, 7) is 7.22. The normalized spacial score (nSPS) is 18.6. The zero-order valence-electron chi connectivity index (χ0n) is 12.0. The maximum atomic E-state index is 11.7. The van der Waals surface area contributed by atoms with Crippen LogP contribution in [-0.4, -0.2) is 35.2 Å². The van der Waals surface area contributed by atoms with Crippen LogP contribution >= 0.6 is 0 Å². The van der Waals surface area contributed by atoms with Gasteiger partial charge in [0.05, 0.1) is 0 Å². The molecule has 0 bridgehead atoms. The highest BCUT2D eigenvalue weighted by Gasteiger charge is 2.22. The minimum absolute atomic E-state index is 0.213. The summed E-state index contributed by atoms with van der Waals surface area (Å²) in [4.78, 5) is 14.0. The molecule has 0 radical (unpaired) electrons. The van der Waals surface area contributed by atoms with Gasteiger partial charge < -0.3 is 10.2 Å². The molecule has 1 fully saturated rings. The molecule has 1 amide bonds. The molecule has 1 aliphatic heterocycles. The third kappa shape index (κ3) is 3.35. The molecule has 0 spiro atoms. The number of nitrogens with zero attached hydrogens (tertiary/aromatic N) is 3. The topological polar surface area (TPSA) is 58.1 Å². The van der Waals surface area contributed by atoms with E-state index in [1.165, 1.54) is 19.3 Å². The number of carbonyl (C=O) groups is 1. The molecule has 20 heavy (non-hydrogen) atoms. The maximum Gasteiger partial charge on any atom is 0.272 e. The Morgan fingerprint density at radius 1 is 1.50 bits per heavy atom. The molecular weight excluding hydrogens is 252 g/mol. The summed E-state index contributed by atoms with van der Waals surface area (Å²) in [6, 6.07) is 4.17. The van der Waals surface area contributed by atoms with Crippen LogP contribution < -0.4 is 10.2 Å². The molecule has 5 nitrogen and oxygen atoms in total. The Balaban J connectivity index is 2.07. The smallest absolute Gasteiger partial charge is 0.272 e. The van der Waals surface area contributed by atoms with Crippen LogP contribution in [0.25, 0.3) is 0 Å². The number of rotatable bonds is 5. The fourth-order valence-electron chi connectivity index (χ4n) is 2.58. The lowest BCUT2D eigenvalue weighted by Gasteiger charge is -2.35. The van der Waals surface area contributed by atoms with Crippen LogP contribution in [0.2, 0.25) is 0 Å². The molecule has 2 rings (SSSR count). The molecule has 1 aromatic heterocycles. The van der Waals surface area contributed by atoms with Gasteiger partial charge in [-0.2, -0.15) is 0 Å². The molecule has 1 N–H and O–H groups in total. The molecular formula is C15H22N4O. The highest BCUT2D eigenvalue weighted by Crippen LogP contribution is 2.24. The van der Waals surface area contributed by atoms with E-state index in [9.17, 15) is 4.79 Å². The summed E-state index contributed by atoms with van der Waals surface area (Å²) in [7, 11) is 0. The minimum Gasteiger partial charge on any atom is -0.352 e. The van der Waals surface area contributed by atoms with E-state index in [-0.39, 0.29) is 5.91 Å². The maximum absolute atomic E-state index is 11.7. The molecule has 0 aromatic carbocycles. The minimum atomic E-state index is -0.213. The first-order chi connectivity index (χ1) is 9.76. The van der Waals surface area contributed by atoms with Gasteiger partial charge in [-0.1, -0.05) is 13.0 Å². The number of aromatic nitrogens is 2. The first kappa shape index (κ1) is 14.5. The molecule has 0 saturated carbocycles. The first-order valence-corrected chi connectivity index (χ1v) is 7.25. The van der Waals surface area contributed by atoms with E-state index < -0.39 is 0 Å². The number of piperidine rings is 1. The molecule has 1 aromatic rings. The summed E-state index contributed by atoms with van der Waals surface area (Å²) in [6.07, 6.45) is 6.44. The van der Waals surface area contributed by atoms with Gasteiger partial charge in [0.1, 0.15) is 0 Å². The zero-order valence-corrected chi connectivity index (χ0v) is 12.0. The molecule has 1 aliphatic rings. The van der Waals surface area contributed by atoms with Crippen molar-refractivity contribution in [2.75, 3.05) is 18.0 Å². The number of anilines is 1. The lowest BCUT2D eigenvalue weighted by molar-refractivity contribution is 0.0952. The third-order valence-electron chi connectivity index (χ3n) is 3.68. The fourth-order valence-corrected chi connectivity index (χ4v) is 2.58. The van der Waals surface area contributed by atoms with E-state index in [4.69, 9.17) is 0 Å². The van der Waals surface area contributed by atoms with Crippen LogP contribution in [0.1, 0.15) is 43.1 Å². The van der Waals surface area contributed by atoms with Crippen LogP contribution in [0.3, 0.4) is 0 Å². The molecule has 1 saturated heterocycles. The van der Waals surface area contributed by atoms with Crippen molar-refractivity contribution in [1.29, 1.82) is 0 Å². The van der Waals surface area contributed by atoms with Crippen LogP contribution in [-0.2, 0) is 0 Å². The second kappa shape index (κ2) is 7.03. The van der Waals surface area contributed by atoms with Crippen molar-refractivity contribution in [1.82, 2.24) is 15.5 Å². The van der Waals surface area contributed by atoms with Gasteiger partial charge in [0.15, 0.2) is 11.5 Å². The van der Waals surface area contributed by atoms with Gasteiger partial charge in [0, 0.05) is 19.1 Å². The predicted molar refractivity (Wildman–Crippen MR) is 79.8 cm³/mol. The number of hydrogen-bond acceptors (Lipinski definition) is 4. The molecule has 108 valence electrons. The van der Waals surface area contributed by atoms with Crippen LogP contribution in [0.5, 0.6) is 0 Å². The van der Waals surface area contributed by atoms with Gasteiger partial charge in [-0.25, -0.2) is 0 Å². The van der Waals surface area contributed by atoms with Crippen LogP contribution in [0, 0.1) is 0 Å².